The Hall–Kier alpha value is -2.93. The minimum Gasteiger partial charge on any atom is -0.369 e. The predicted molar refractivity (Wildman–Crippen MR) is 111 cm³/mol. The number of carbonyl (C=O) groups excluding carboxylic acids is 1. The second kappa shape index (κ2) is 7.15. The Labute approximate surface area is 169 Å². The summed E-state index contributed by atoms with van der Waals surface area (Å²) in [7, 11) is 0. The summed E-state index contributed by atoms with van der Waals surface area (Å²) in [6.07, 6.45) is 2.62. The van der Waals surface area contributed by atoms with E-state index in [1.165, 1.54) is 5.69 Å². The largest absolute Gasteiger partial charge is 0.369 e. The van der Waals surface area contributed by atoms with Crippen LogP contribution in [0, 0.1) is 0 Å². The highest BCUT2D eigenvalue weighted by molar-refractivity contribution is 5.95. The Morgan fingerprint density at radius 2 is 1.93 bits per heavy atom. The second-order valence-corrected chi connectivity index (χ2v) is 7.88. The van der Waals surface area contributed by atoms with E-state index >= 15 is 0 Å². The van der Waals surface area contributed by atoms with Crippen LogP contribution >= 0.6 is 0 Å². The molecule has 1 aromatic carbocycles. The quantitative estimate of drug-likeness (QED) is 0.727. The van der Waals surface area contributed by atoms with E-state index in [9.17, 15) is 4.79 Å². The number of nitrogens with zero attached hydrogens (tertiary/aromatic N) is 4. The van der Waals surface area contributed by atoms with E-state index in [4.69, 9.17) is 4.74 Å². The molecule has 1 N–H and O–H groups in total. The standard InChI is InChI=1S/C22H25N5O2/c1-14-13-17-20(15(2)29-14)24-25-21(17)22(28)27-11-9-26(10-12-27)19-7-8-23-18-6-4-3-5-16(18)19/h3-8,14-15H,9-13H2,1-2H3,(H,24,25)/t14-,15+/m1/s1. The normalized spacial score (nSPS) is 22.0. The topological polar surface area (TPSA) is 74.4 Å². The summed E-state index contributed by atoms with van der Waals surface area (Å²) < 4.78 is 5.84. The van der Waals surface area contributed by atoms with E-state index in [1.807, 2.05) is 43.1 Å². The molecule has 3 aromatic rings. The number of pyridine rings is 1. The van der Waals surface area contributed by atoms with Crippen molar-refractivity contribution in [2.45, 2.75) is 32.5 Å². The number of hydrogen-bond donors (Lipinski definition) is 1. The fourth-order valence-electron chi connectivity index (χ4n) is 4.51. The Morgan fingerprint density at radius 3 is 2.76 bits per heavy atom. The number of ether oxygens (including phenoxy) is 1. The zero-order valence-electron chi connectivity index (χ0n) is 16.8. The predicted octanol–water partition coefficient (Wildman–Crippen LogP) is 2.94. The van der Waals surface area contributed by atoms with Crippen LogP contribution in [0.25, 0.3) is 10.9 Å². The molecular weight excluding hydrogens is 366 g/mol. The Bertz CT molecular complexity index is 1050. The van der Waals surface area contributed by atoms with Gasteiger partial charge in [-0.1, -0.05) is 18.2 Å². The molecule has 2 aliphatic heterocycles. The third-order valence-corrected chi connectivity index (χ3v) is 5.97. The second-order valence-electron chi connectivity index (χ2n) is 7.88. The van der Waals surface area contributed by atoms with E-state index in [-0.39, 0.29) is 18.1 Å². The molecule has 0 spiro atoms. The molecular formula is C22H25N5O2. The van der Waals surface area contributed by atoms with E-state index in [0.717, 1.165) is 41.7 Å². The molecule has 0 radical (unpaired) electrons. The maximum atomic E-state index is 13.2. The number of benzene rings is 1. The van der Waals surface area contributed by atoms with Crippen molar-refractivity contribution in [3.8, 4) is 0 Å². The minimum atomic E-state index is -0.0559. The van der Waals surface area contributed by atoms with Gasteiger partial charge in [-0.05, 0) is 26.0 Å². The third kappa shape index (κ3) is 3.15. The molecule has 5 rings (SSSR count). The summed E-state index contributed by atoms with van der Waals surface area (Å²) >= 11 is 0. The van der Waals surface area contributed by atoms with Crippen molar-refractivity contribution in [3.05, 3.63) is 53.5 Å². The molecule has 2 aromatic heterocycles. The smallest absolute Gasteiger partial charge is 0.274 e. The lowest BCUT2D eigenvalue weighted by Crippen LogP contribution is -2.49. The summed E-state index contributed by atoms with van der Waals surface area (Å²) in [6.45, 7) is 6.99. The van der Waals surface area contributed by atoms with Crippen molar-refractivity contribution in [3.63, 3.8) is 0 Å². The van der Waals surface area contributed by atoms with Gasteiger partial charge in [-0.25, -0.2) is 0 Å². The molecule has 29 heavy (non-hydrogen) atoms. The van der Waals surface area contributed by atoms with Crippen LogP contribution in [0.4, 0.5) is 5.69 Å². The number of rotatable bonds is 2. The van der Waals surface area contributed by atoms with Crippen LogP contribution < -0.4 is 4.90 Å². The van der Waals surface area contributed by atoms with Crippen LogP contribution in [-0.2, 0) is 11.2 Å². The number of anilines is 1. The Morgan fingerprint density at radius 1 is 1.14 bits per heavy atom. The minimum absolute atomic E-state index is 0.0167. The fourth-order valence-corrected chi connectivity index (χ4v) is 4.51. The summed E-state index contributed by atoms with van der Waals surface area (Å²) in [4.78, 5) is 21.9. The molecule has 1 saturated heterocycles. The van der Waals surface area contributed by atoms with E-state index < -0.39 is 0 Å². The van der Waals surface area contributed by atoms with Crippen molar-refractivity contribution >= 4 is 22.5 Å². The van der Waals surface area contributed by atoms with Crippen LogP contribution in [0.15, 0.2) is 36.5 Å². The van der Waals surface area contributed by atoms with Crippen LogP contribution in [0.2, 0.25) is 0 Å². The molecule has 0 bridgehead atoms. The van der Waals surface area contributed by atoms with Gasteiger partial charge in [0.05, 0.1) is 23.4 Å². The maximum Gasteiger partial charge on any atom is 0.274 e. The first kappa shape index (κ1) is 18.1. The number of aromatic nitrogens is 3. The first-order valence-electron chi connectivity index (χ1n) is 10.2. The average molecular weight is 391 g/mol. The highest BCUT2D eigenvalue weighted by Gasteiger charge is 2.32. The SMILES string of the molecule is C[C@@H]1Cc2c(C(=O)N3CCN(c4ccnc5ccccc45)CC3)n[nH]c2[C@H](C)O1. The molecule has 0 aliphatic carbocycles. The molecule has 0 unspecified atom stereocenters. The fraction of sp³-hybridized carbons (Fsp3) is 0.409. The van der Waals surface area contributed by atoms with E-state index in [2.05, 4.69) is 32.2 Å². The zero-order valence-corrected chi connectivity index (χ0v) is 16.8. The molecule has 150 valence electrons. The number of para-hydroxylation sites is 1. The van der Waals surface area contributed by atoms with Crippen molar-refractivity contribution in [1.82, 2.24) is 20.1 Å². The zero-order chi connectivity index (χ0) is 20.0. The number of piperazine rings is 1. The van der Waals surface area contributed by atoms with Crippen LogP contribution in [0.5, 0.6) is 0 Å². The highest BCUT2D eigenvalue weighted by atomic mass is 16.5. The lowest BCUT2D eigenvalue weighted by Gasteiger charge is -2.36. The molecule has 7 nitrogen and oxygen atoms in total. The number of fused-ring (bicyclic) bond motifs is 2. The monoisotopic (exact) mass is 391 g/mol. The number of nitrogens with one attached hydrogen (secondary N) is 1. The highest BCUT2D eigenvalue weighted by Crippen LogP contribution is 2.31. The lowest BCUT2D eigenvalue weighted by molar-refractivity contribution is -0.00702. The number of hydrogen-bond acceptors (Lipinski definition) is 5. The van der Waals surface area contributed by atoms with Gasteiger partial charge >= 0.3 is 0 Å². The number of H-pyrrole nitrogens is 1. The van der Waals surface area contributed by atoms with E-state index in [1.54, 1.807) is 0 Å². The lowest BCUT2D eigenvalue weighted by atomic mass is 9.99. The molecule has 4 heterocycles. The van der Waals surface area contributed by atoms with Crippen LogP contribution in [-0.4, -0.2) is 58.3 Å². The number of carbonyl (C=O) groups is 1. The Kier molecular flexibility index (Phi) is 4.47. The maximum absolute atomic E-state index is 13.2. The Balaban J connectivity index is 1.33. The van der Waals surface area contributed by atoms with Gasteiger partial charge in [-0.2, -0.15) is 5.10 Å². The van der Waals surface area contributed by atoms with Gasteiger partial charge in [0.25, 0.3) is 5.91 Å². The number of aromatic amines is 1. The molecule has 2 aliphatic rings. The summed E-state index contributed by atoms with van der Waals surface area (Å²) in [5.41, 5.74) is 4.69. The van der Waals surface area contributed by atoms with Crippen molar-refractivity contribution in [2.75, 3.05) is 31.1 Å². The summed E-state index contributed by atoms with van der Waals surface area (Å²) in [5, 5.41) is 8.54. The molecule has 1 fully saturated rings. The van der Waals surface area contributed by atoms with Crippen molar-refractivity contribution in [2.24, 2.45) is 0 Å². The van der Waals surface area contributed by atoms with Crippen molar-refractivity contribution < 1.29 is 9.53 Å². The van der Waals surface area contributed by atoms with Crippen LogP contribution in [0.1, 0.15) is 41.7 Å². The first-order valence-corrected chi connectivity index (χ1v) is 10.2. The van der Waals surface area contributed by atoms with Gasteiger partial charge < -0.3 is 14.5 Å². The van der Waals surface area contributed by atoms with Gasteiger partial charge in [0.2, 0.25) is 0 Å². The van der Waals surface area contributed by atoms with Gasteiger partial charge in [0.15, 0.2) is 5.69 Å². The third-order valence-electron chi connectivity index (χ3n) is 5.97. The average Bonchev–Trinajstić information content (AvgIpc) is 3.17. The van der Waals surface area contributed by atoms with Gasteiger partial charge in [0.1, 0.15) is 0 Å². The van der Waals surface area contributed by atoms with Gasteiger partial charge in [-0.3, -0.25) is 14.9 Å². The molecule has 2 atom stereocenters. The van der Waals surface area contributed by atoms with Gasteiger partial charge in [-0.15, -0.1) is 0 Å². The number of amides is 1. The first-order chi connectivity index (χ1) is 14.1. The molecule has 7 heteroatoms. The van der Waals surface area contributed by atoms with Crippen molar-refractivity contribution in [1.29, 1.82) is 0 Å². The summed E-state index contributed by atoms with van der Waals surface area (Å²) in [5.74, 6) is 0.0167. The summed E-state index contributed by atoms with van der Waals surface area (Å²) in [6, 6.07) is 10.3. The molecule has 1 amide bonds. The van der Waals surface area contributed by atoms with E-state index in [0.29, 0.717) is 18.8 Å². The van der Waals surface area contributed by atoms with Gasteiger partial charge in [0, 0.05) is 55.4 Å². The van der Waals surface area contributed by atoms with Crippen LogP contribution in [0.3, 0.4) is 0 Å². The molecule has 0 saturated carbocycles.